The van der Waals surface area contributed by atoms with E-state index in [2.05, 4.69) is 9.97 Å². The van der Waals surface area contributed by atoms with E-state index in [9.17, 15) is 4.39 Å². The van der Waals surface area contributed by atoms with Gasteiger partial charge in [-0.2, -0.15) is 4.98 Å². The Morgan fingerprint density at radius 3 is 3.14 bits per heavy atom. The zero-order valence-corrected chi connectivity index (χ0v) is 7.89. The molecule has 14 heavy (non-hydrogen) atoms. The second kappa shape index (κ2) is 3.61. The van der Waals surface area contributed by atoms with Crippen LogP contribution < -0.4 is 4.90 Å². The number of nitrogens with zero attached hydrogens (tertiary/aromatic N) is 4. The molecule has 2 aromatic heterocycles. The molecule has 74 valence electrons. The average Bonchev–Trinajstić information content (AvgIpc) is 2.64. The number of fused-ring (bicyclic) bond motifs is 1. The minimum absolute atomic E-state index is 0.351. The molecule has 2 heterocycles. The summed E-state index contributed by atoms with van der Waals surface area (Å²) in [5.74, 6) is 1.37. The van der Waals surface area contributed by atoms with E-state index in [1.54, 1.807) is 18.1 Å². The van der Waals surface area contributed by atoms with Crippen LogP contribution in [0, 0.1) is 0 Å². The standard InChI is InChI=1S/C9H11FN4/c1-13(6-3-10)8-2-5-14-7-4-11-9(14)12-8/h2,4-5,7H,3,6H2,1H3. The summed E-state index contributed by atoms with van der Waals surface area (Å²) in [5.41, 5.74) is 0. The number of aromatic nitrogens is 3. The fourth-order valence-corrected chi connectivity index (χ4v) is 1.25. The Bertz CT molecular complexity index is 425. The van der Waals surface area contributed by atoms with Crippen LogP contribution in [-0.2, 0) is 0 Å². The van der Waals surface area contributed by atoms with Gasteiger partial charge in [-0.05, 0) is 6.07 Å². The Morgan fingerprint density at radius 1 is 1.50 bits per heavy atom. The summed E-state index contributed by atoms with van der Waals surface area (Å²) in [5, 5.41) is 0. The molecule has 5 heteroatoms. The molecule has 0 unspecified atom stereocenters. The van der Waals surface area contributed by atoms with E-state index in [1.165, 1.54) is 0 Å². The highest BCUT2D eigenvalue weighted by Crippen LogP contribution is 2.09. The largest absolute Gasteiger partial charge is 0.357 e. The molecule has 0 aliphatic rings. The lowest BCUT2D eigenvalue weighted by molar-refractivity contribution is 0.496. The summed E-state index contributed by atoms with van der Waals surface area (Å²) in [6.07, 6.45) is 5.36. The molecule has 0 spiro atoms. The van der Waals surface area contributed by atoms with Crippen LogP contribution in [0.2, 0.25) is 0 Å². The molecule has 0 fully saturated rings. The van der Waals surface area contributed by atoms with Crippen LogP contribution in [0.4, 0.5) is 10.2 Å². The molecule has 0 aliphatic carbocycles. The van der Waals surface area contributed by atoms with Gasteiger partial charge in [-0.25, -0.2) is 9.37 Å². The number of anilines is 1. The van der Waals surface area contributed by atoms with E-state index in [0.29, 0.717) is 12.3 Å². The van der Waals surface area contributed by atoms with Crippen LogP contribution >= 0.6 is 0 Å². The first kappa shape index (κ1) is 8.93. The van der Waals surface area contributed by atoms with Crippen molar-refractivity contribution in [3.05, 3.63) is 24.7 Å². The van der Waals surface area contributed by atoms with E-state index in [-0.39, 0.29) is 6.67 Å². The van der Waals surface area contributed by atoms with Gasteiger partial charge in [0, 0.05) is 32.2 Å². The predicted octanol–water partition coefficient (Wildman–Crippen LogP) is 1.13. The predicted molar refractivity (Wildman–Crippen MR) is 52.2 cm³/mol. The van der Waals surface area contributed by atoms with Gasteiger partial charge in [0.05, 0.1) is 0 Å². The third-order valence-electron chi connectivity index (χ3n) is 2.06. The highest BCUT2D eigenvalue weighted by Gasteiger charge is 2.03. The minimum Gasteiger partial charge on any atom is -0.357 e. The van der Waals surface area contributed by atoms with Gasteiger partial charge in [0.2, 0.25) is 5.78 Å². The molecular weight excluding hydrogens is 183 g/mol. The molecule has 0 aliphatic heterocycles. The number of alkyl halides is 1. The Balaban J connectivity index is 2.33. The molecule has 2 aromatic rings. The fraction of sp³-hybridized carbons (Fsp3) is 0.333. The van der Waals surface area contributed by atoms with Crippen molar-refractivity contribution >= 4 is 11.6 Å². The van der Waals surface area contributed by atoms with Gasteiger partial charge in [-0.3, -0.25) is 4.40 Å². The number of hydrogen-bond acceptors (Lipinski definition) is 3. The van der Waals surface area contributed by atoms with E-state index >= 15 is 0 Å². The Morgan fingerprint density at radius 2 is 2.36 bits per heavy atom. The Labute approximate surface area is 81.0 Å². The summed E-state index contributed by atoms with van der Waals surface area (Å²) in [4.78, 5) is 10.1. The van der Waals surface area contributed by atoms with Crippen LogP contribution in [0.25, 0.3) is 5.78 Å². The number of halogens is 1. The first-order valence-corrected chi connectivity index (χ1v) is 4.38. The first-order chi connectivity index (χ1) is 6.81. The zero-order chi connectivity index (χ0) is 9.97. The molecule has 0 atom stereocenters. The maximum absolute atomic E-state index is 12.1. The topological polar surface area (TPSA) is 33.4 Å². The second-order valence-electron chi connectivity index (χ2n) is 3.03. The fourth-order valence-electron chi connectivity index (χ4n) is 1.25. The molecule has 0 saturated heterocycles. The monoisotopic (exact) mass is 194 g/mol. The third-order valence-corrected chi connectivity index (χ3v) is 2.06. The van der Waals surface area contributed by atoms with Crippen LogP contribution in [-0.4, -0.2) is 34.6 Å². The Kier molecular flexibility index (Phi) is 2.30. The smallest absolute Gasteiger partial charge is 0.235 e. The van der Waals surface area contributed by atoms with Gasteiger partial charge in [0.15, 0.2) is 0 Å². The van der Waals surface area contributed by atoms with Crippen LogP contribution in [0.5, 0.6) is 0 Å². The van der Waals surface area contributed by atoms with Crippen molar-refractivity contribution in [2.45, 2.75) is 0 Å². The molecule has 0 bridgehead atoms. The van der Waals surface area contributed by atoms with E-state index < -0.39 is 0 Å². The molecule has 0 amide bonds. The lowest BCUT2D eigenvalue weighted by Crippen LogP contribution is -2.21. The SMILES string of the molecule is CN(CCF)c1ccn2ccnc2n1. The highest BCUT2D eigenvalue weighted by atomic mass is 19.1. The maximum atomic E-state index is 12.1. The maximum Gasteiger partial charge on any atom is 0.235 e. The third kappa shape index (κ3) is 1.53. The van der Waals surface area contributed by atoms with Crippen LogP contribution in [0.1, 0.15) is 0 Å². The Hall–Kier alpha value is -1.65. The van der Waals surface area contributed by atoms with Crippen molar-refractivity contribution < 1.29 is 4.39 Å². The van der Waals surface area contributed by atoms with E-state index in [0.717, 1.165) is 5.82 Å². The molecule has 0 radical (unpaired) electrons. The molecule has 0 saturated carbocycles. The average molecular weight is 194 g/mol. The first-order valence-electron chi connectivity index (χ1n) is 4.38. The number of hydrogen-bond donors (Lipinski definition) is 0. The van der Waals surface area contributed by atoms with E-state index in [4.69, 9.17) is 0 Å². The van der Waals surface area contributed by atoms with Crippen molar-refractivity contribution in [2.24, 2.45) is 0 Å². The van der Waals surface area contributed by atoms with Gasteiger partial charge in [-0.15, -0.1) is 0 Å². The quantitative estimate of drug-likeness (QED) is 0.734. The van der Waals surface area contributed by atoms with Gasteiger partial charge >= 0.3 is 0 Å². The summed E-state index contributed by atoms with van der Waals surface area (Å²) in [6.45, 7) is -0.0261. The number of rotatable bonds is 3. The summed E-state index contributed by atoms with van der Waals surface area (Å²) < 4.78 is 13.9. The van der Waals surface area contributed by atoms with Crippen molar-refractivity contribution in [3.8, 4) is 0 Å². The van der Waals surface area contributed by atoms with Crippen LogP contribution in [0.15, 0.2) is 24.7 Å². The minimum atomic E-state index is -0.377. The normalized spacial score (nSPS) is 10.7. The second-order valence-corrected chi connectivity index (χ2v) is 3.03. The summed E-state index contributed by atoms with van der Waals surface area (Å²) in [6, 6.07) is 1.84. The summed E-state index contributed by atoms with van der Waals surface area (Å²) >= 11 is 0. The highest BCUT2D eigenvalue weighted by molar-refractivity contribution is 5.43. The van der Waals surface area contributed by atoms with Gasteiger partial charge in [0.25, 0.3) is 0 Å². The lowest BCUT2D eigenvalue weighted by Gasteiger charge is -2.15. The molecule has 0 N–H and O–H groups in total. The van der Waals surface area contributed by atoms with Gasteiger partial charge in [-0.1, -0.05) is 0 Å². The molecule has 4 nitrogen and oxygen atoms in total. The zero-order valence-electron chi connectivity index (χ0n) is 7.89. The van der Waals surface area contributed by atoms with Crippen molar-refractivity contribution in [1.82, 2.24) is 14.4 Å². The van der Waals surface area contributed by atoms with Crippen LogP contribution in [0.3, 0.4) is 0 Å². The molecule has 2 rings (SSSR count). The lowest BCUT2D eigenvalue weighted by atomic mass is 10.5. The van der Waals surface area contributed by atoms with Gasteiger partial charge < -0.3 is 4.90 Å². The summed E-state index contributed by atoms with van der Waals surface area (Å²) in [7, 11) is 1.81. The van der Waals surface area contributed by atoms with Gasteiger partial charge in [0.1, 0.15) is 12.5 Å². The van der Waals surface area contributed by atoms with Crippen molar-refractivity contribution in [3.63, 3.8) is 0 Å². The molecule has 0 aromatic carbocycles. The van der Waals surface area contributed by atoms with E-state index in [1.807, 2.05) is 22.9 Å². The van der Waals surface area contributed by atoms with Crippen molar-refractivity contribution in [1.29, 1.82) is 0 Å². The van der Waals surface area contributed by atoms with Crippen molar-refractivity contribution in [2.75, 3.05) is 25.2 Å². The number of imidazole rings is 1. The molecular formula is C9H11FN4.